The molecule has 3 N–H and O–H groups in total. The number of hydrogen-bond acceptors (Lipinski definition) is 3. The van der Waals surface area contributed by atoms with Gasteiger partial charge in [-0.25, -0.2) is 4.79 Å². The molecule has 4 rings (SSSR count). The minimum atomic E-state index is -0.344. The number of carbonyl (C=O) groups excluding carboxylic acids is 3. The monoisotopic (exact) mass is 456 g/mol. The van der Waals surface area contributed by atoms with Gasteiger partial charge in [0.2, 0.25) is 5.91 Å². The first kappa shape index (κ1) is 23.0. The lowest BCUT2D eigenvalue weighted by atomic mass is 9.96. The number of amides is 4. The molecule has 0 saturated carbocycles. The van der Waals surface area contributed by atoms with Gasteiger partial charge in [-0.3, -0.25) is 9.59 Å². The Labute approximate surface area is 199 Å². The summed E-state index contributed by atoms with van der Waals surface area (Å²) in [7, 11) is 0. The lowest BCUT2D eigenvalue weighted by Crippen LogP contribution is -2.43. The van der Waals surface area contributed by atoms with Crippen LogP contribution in [0.1, 0.15) is 28.8 Å². The van der Waals surface area contributed by atoms with Gasteiger partial charge in [-0.05, 0) is 68.3 Å². The highest BCUT2D eigenvalue weighted by Gasteiger charge is 2.29. The van der Waals surface area contributed by atoms with Gasteiger partial charge >= 0.3 is 6.03 Å². The van der Waals surface area contributed by atoms with Crippen molar-refractivity contribution in [2.75, 3.05) is 29.0 Å². The summed E-state index contributed by atoms with van der Waals surface area (Å²) in [4.78, 5) is 39.6. The van der Waals surface area contributed by atoms with Crippen LogP contribution in [0.2, 0.25) is 0 Å². The maximum atomic E-state index is 12.9. The first-order valence-corrected chi connectivity index (χ1v) is 11.4. The highest BCUT2D eigenvalue weighted by Crippen LogP contribution is 2.22. The Morgan fingerprint density at radius 1 is 0.765 bits per heavy atom. The molecule has 174 valence electrons. The molecule has 1 atom stereocenters. The Kier molecular flexibility index (Phi) is 7.22. The number of hydrogen-bond donors (Lipinski definition) is 3. The average Bonchev–Trinajstić information content (AvgIpc) is 2.86. The number of anilines is 3. The molecule has 3 aromatic carbocycles. The molecule has 1 fully saturated rings. The maximum absolute atomic E-state index is 12.9. The fourth-order valence-electron chi connectivity index (χ4n) is 3.95. The van der Waals surface area contributed by atoms with E-state index >= 15 is 0 Å². The number of aryl methyl sites for hydroxylation is 1. The van der Waals surface area contributed by atoms with E-state index in [4.69, 9.17) is 0 Å². The SMILES string of the molecule is Cc1ccc(C(=O)N2CCCC(C(=O)Nc3ccc(NC(=O)Nc4ccccc4)cc3)C2)cc1. The molecule has 0 radical (unpaired) electrons. The van der Waals surface area contributed by atoms with Crippen LogP contribution in [0.3, 0.4) is 0 Å². The number of rotatable bonds is 5. The zero-order valence-electron chi connectivity index (χ0n) is 19.1. The number of piperidine rings is 1. The number of carbonyl (C=O) groups is 3. The van der Waals surface area contributed by atoms with Crippen LogP contribution in [-0.2, 0) is 4.79 Å². The van der Waals surface area contributed by atoms with E-state index in [1.807, 2.05) is 49.4 Å². The van der Waals surface area contributed by atoms with E-state index in [-0.39, 0.29) is 23.8 Å². The number of urea groups is 1. The smallest absolute Gasteiger partial charge is 0.323 e. The fourth-order valence-corrected chi connectivity index (χ4v) is 3.95. The Hall–Kier alpha value is -4.13. The molecule has 1 unspecified atom stereocenters. The standard InChI is InChI=1S/C27H28N4O3/c1-19-9-11-20(12-10-19)26(33)31-17-5-6-21(18-31)25(32)28-23-13-15-24(16-14-23)30-27(34)29-22-7-3-2-4-8-22/h2-4,7-16,21H,5-6,17-18H2,1H3,(H,28,32)(H2,29,30,34). The molecular formula is C27H28N4O3. The molecule has 34 heavy (non-hydrogen) atoms. The third-order valence-electron chi connectivity index (χ3n) is 5.82. The summed E-state index contributed by atoms with van der Waals surface area (Å²) in [6.45, 7) is 3.04. The van der Waals surface area contributed by atoms with Gasteiger partial charge in [-0.15, -0.1) is 0 Å². The molecule has 7 nitrogen and oxygen atoms in total. The molecule has 0 aliphatic carbocycles. The Balaban J connectivity index is 1.30. The van der Waals surface area contributed by atoms with Crippen LogP contribution >= 0.6 is 0 Å². The Morgan fingerprint density at radius 3 is 2.00 bits per heavy atom. The molecule has 1 heterocycles. The largest absolute Gasteiger partial charge is 0.338 e. The van der Waals surface area contributed by atoms with E-state index in [0.29, 0.717) is 35.7 Å². The van der Waals surface area contributed by atoms with E-state index in [0.717, 1.165) is 18.4 Å². The van der Waals surface area contributed by atoms with Crippen LogP contribution in [0.25, 0.3) is 0 Å². The molecule has 1 aliphatic heterocycles. The summed E-state index contributed by atoms with van der Waals surface area (Å²) in [6, 6.07) is 23.3. The van der Waals surface area contributed by atoms with Crippen LogP contribution in [0, 0.1) is 12.8 Å². The summed E-state index contributed by atoms with van der Waals surface area (Å²) in [6.07, 6.45) is 1.53. The van der Waals surface area contributed by atoms with Crippen molar-refractivity contribution in [1.82, 2.24) is 4.90 Å². The second-order valence-electron chi connectivity index (χ2n) is 8.47. The van der Waals surface area contributed by atoms with Crippen molar-refractivity contribution in [2.45, 2.75) is 19.8 Å². The normalized spacial score (nSPS) is 15.3. The zero-order valence-corrected chi connectivity index (χ0v) is 19.1. The third-order valence-corrected chi connectivity index (χ3v) is 5.82. The van der Waals surface area contributed by atoms with Gasteiger partial charge in [0, 0.05) is 35.7 Å². The number of likely N-dealkylation sites (tertiary alicyclic amines) is 1. The highest BCUT2D eigenvalue weighted by molar-refractivity contribution is 6.00. The maximum Gasteiger partial charge on any atom is 0.323 e. The van der Waals surface area contributed by atoms with Crippen LogP contribution < -0.4 is 16.0 Å². The molecule has 1 aliphatic rings. The Morgan fingerprint density at radius 2 is 1.35 bits per heavy atom. The summed E-state index contributed by atoms with van der Waals surface area (Å²) in [5.41, 5.74) is 3.70. The molecule has 7 heteroatoms. The van der Waals surface area contributed by atoms with Gasteiger partial charge in [0.1, 0.15) is 0 Å². The van der Waals surface area contributed by atoms with Crippen molar-refractivity contribution < 1.29 is 14.4 Å². The summed E-state index contributed by atoms with van der Waals surface area (Å²) in [5, 5.41) is 8.45. The quantitative estimate of drug-likeness (QED) is 0.497. The van der Waals surface area contributed by atoms with Crippen LogP contribution in [0.15, 0.2) is 78.9 Å². The fraction of sp³-hybridized carbons (Fsp3) is 0.222. The number of para-hydroxylation sites is 1. The van der Waals surface area contributed by atoms with Crippen molar-refractivity contribution in [1.29, 1.82) is 0 Å². The van der Waals surface area contributed by atoms with Crippen LogP contribution in [-0.4, -0.2) is 35.8 Å². The molecule has 4 amide bonds. The van der Waals surface area contributed by atoms with E-state index in [9.17, 15) is 14.4 Å². The number of nitrogens with one attached hydrogen (secondary N) is 3. The summed E-state index contributed by atoms with van der Waals surface area (Å²) >= 11 is 0. The number of benzene rings is 3. The average molecular weight is 457 g/mol. The molecule has 0 spiro atoms. The van der Waals surface area contributed by atoms with Gasteiger partial charge in [0.05, 0.1) is 5.92 Å². The van der Waals surface area contributed by atoms with Crippen molar-refractivity contribution in [2.24, 2.45) is 5.92 Å². The van der Waals surface area contributed by atoms with Gasteiger partial charge in [-0.1, -0.05) is 35.9 Å². The minimum Gasteiger partial charge on any atom is -0.338 e. The van der Waals surface area contributed by atoms with Crippen LogP contribution in [0.4, 0.5) is 21.9 Å². The van der Waals surface area contributed by atoms with Gasteiger partial charge in [-0.2, -0.15) is 0 Å². The predicted molar refractivity (Wildman–Crippen MR) is 134 cm³/mol. The van der Waals surface area contributed by atoms with E-state index in [1.165, 1.54) is 0 Å². The van der Waals surface area contributed by atoms with E-state index in [1.54, 1.807) is 41.3 Å². The lowest BCUT2D eigenvalue weighted by Gasteiger charge is -2.32. The molecule has 1 saturated heterocycles. The highest BCUT2D eigenvalue weighted by atomic mass is 16.2. The molecular weight excluding hydrogens is 428 g/mol. The lowest BCUT2D eigenvalue weighted by molar-refractivity contribution is -0.121. The Bertz CT molecular complexity index is 1140. The van der Waals surface area contributed by atoms with Crippen molar-refractivity contribution in [3.8, 4) is 0 Å². The van der Waals surface area contributed by atoms with E-state index in [2.05, 4.69) is 16.0 Å². The second-order valence-corrected chi connectivity index (χ2v) is 8.47. The first-order valence-electron chi connectivity index (χ1n) is 11.4. The van der Waals surface area contributed by atoms with Crippen molar-refractivity contribution in [3.05, 3.63) is 90.0 Å². The summed E-state index contributed by atoms with van der Waals surface area (Å²) < 4.78 is 0. The second kappa shape index (κ2) is 10.7. The van der Waals surface area contributed by atoms with E-state index < -0.39 is 0 Å². The predicted octanol–water partition coefficient (Wildman–Crippen LogP) is 5.13. The van der Waals surface area contributed by atoms with Crippen molar-refractivity contribution >= 4 is 34.9 Å². The molecule has 0 bridgehead atoms. The first-order chi connectivity index (χ1) is 16.5. The topological polar surface area (TPSA) is 90.5 Å². The minimum absolute atomic E-state index is 0.0401. The zero-order chi connectivity index (χ0) is 23.9. The van der Waals surface area contributed by atoms with Gasteiger partial charge in [0.15, 0.2) is 0 Å². The molecule has 3 aromatic rings. The molecule has 0 aromatic heterocycles. The van der Waals surface area contributed by atoms with Gasteiger partial charge < -0.3 is 20.9 Å². The summed E-state index contributed by atoms with van der Waals surface area (Å²) in [5.74, 6) is -0.414. The van der Waals surface area contributed by atoms with Crippen LogP contribution in [0.5, 0.6) is 0 Å². The van der Waals surface area contributed by atoms with Gasteiger partial charge in [0.25, 0.3) is 5.91 Å². The van der Waals surface area contributed by atoms with Crippen molar-refractivity contribution in [3.63, 3.8) is 0 Å². The third kappa shape index (κ3) is 6.01. The number of nitrogens with zero attached hydrogens (tertiary/aromatic N) is 1.